The van der Waals surface area contributed by atoms with Gasteiger partial charge in [0.05, 0.1) is 0 Å². The Balaban J connectivity index is -0.00000000750. The first-order valence-electron chi connectivity index (χ1n) is 0.624. The third-order valence-corrected chi connectivity index (χ3v) is 0.0447. The van der Waals surface area contributed by atoms with E-state index in [1.165, 1.54) is 0 Å². The van der Waals surface area contributed by atoms with Gasteiger partial charge in [-0.1, -0.05) is 0 Å². The zero-order valence-electron chi connectivity index (χ0n) is 5.84. The van der Waals surface area contributed by atoms with Gasteiger partial charge in [0.25, 0.3) is 0 Å². The van der Waals surface area contributed by atoms with E-state index in [1.54, 1.807) is 0 Å². The molecule has 0 atom stereocenters. The first-order chi connectivity index (χ1) is 1.91. The number of hydrogen-bond acceptors (Lipinski definition) is 1. The Morgan fingerprint density at radius 3 is 1.25 bits per heavy atom. The van der Waals surface area contributed by atoms with Crippen molar-refractivity contribution in [1.29, 1.82) is 0 Å². The first kappa shape index (κ1) is 29.2. The van der Waals surface area contributed by atoms with Gasteiger partial charge in [-0.2, -0.15) is 0 Å². The molecule has 0 amide bonds. The number of hydrogen-bond donors (Lipinski definition) is 0. The van der Waals surface area contributed by atoms with Crippen molar-refractivity contribution in [2.75, 3.05) is 0 Å². The molecule has 0 radical (unpaired) electrons. The van der Waals surface area contributed by atoms with Crippen LogP contribution in [0.2, 0.25) is 0 Å². The number of rotatable bonds is 1. The van der Waals surface area contributed by atoms with Crippen molar-refractivity contribution in [2.45, 2.75) is 0 Å². The van der Waals surface area contributed by atoms with E-state index in [1.807, 2.05) is 5.22 Å². The van der Waals surface area contributed by atoms with Crippen molar-refractivity contribution < 1.29 is 206 Å². The van der Waals surface area contributed by atoms with Crippen molar-refractivity contribution in [2.24, 2.45) is 5.22 Å². The summed E-state index contributed by atoms with van der Waals surface area (Å²) in [7, 11) is 0. The molecule has 0 aromatic heterocycles. The molecular weight excluding hydrogens is 212 g/mol. The number of nitrogens with one attached hydrogen (secondary N) is 1. The van der Waals surface area contributed by atoms with E-state index in [-0.39, 0.29) is 206 Å². The second-order valence-electron chi connectivity index (χ2n) is 0.189. The van der Waals surface area contributed by atoms with E-state index in [9.17, 15) is 0 Å². The molecule has 0 spiro atoms. The van der Waals surface area contributed by atoms with Crippen LogP contribution in [0.5, 0.6) is 0 Å². The molecule has 0 aliphatic carbocycles. The van der Waals surface area contributed by atoms with Crippen molar-refractivity contribution in [3.63, 3.8) is 0 Å². The van der Waals surface area contributed by atoms with Gasteiger partial charge in [-0.25, -0.2) is 0 Å². The van der Waals surface area contributed by atoms with E-state index in [0.717, 1.165) is 0 Å². The Bertz CT molecular complexity index is 22.0. The minimum Gasteiger partial charge on any atom is -0.792 e. The fourth-order valence-corrected chi connectivity index (χ4v) is 0. The van der Waals surface area contributed by atoms with E-state index in [2.05, 4.69) is 5.53 Å². The third-order valence-electron chi connectivity index (χ3n) is 0.0447. The quantitative estimate of drug-likeness (QED) is 0.236. The first-order valence-corrected chi connectivity index (χ1v) is 0.624. The SMILES string of the molecule is [K+].[K+].[K+].[K+].[N-]=N[N-][NH-]. The maximum absolute atomic E-state index is 7.15. The zero-order valence-corrected chi connectivity index (χ0v) is 18.3. The van der Waals surface area contributed by atoms with E-state index in [0.29, 0.717) is 0 Å². The second kappa shape index (κ2) is 29.3. The van der Waals surface area contributed by atoms with Crippen molar-refractivity contribution >= 4 is 0 Å². The van der Waals surface area contributed by atoms with E-state index < -0.39 is 0 Å². The molecule has 4 nitrogen and oxygen atoms in total. The van der Waals surface area contributed by atoms with Crippen LogP contribution in [0.15, 0.2) is 5.22 Å². The van der Waals surface area contributed by atoms with Crippen molar-refractivity contribution in [1.82, 2.24) is 0 Å². The van der Waals surface area contributed by atoms with Gasteiger partial charge in [-0.05, 0) is 0 Å². The van der Waals surface area contributed by atoms with Gasteiger partial charge >= 0.3 is 206 Å². The molecule has 0 fully saturated rings. The molecule has 0 aliphatic rings. The van der Waals surface area contributed by atoms with Gasteiger partial charge in [0, 0.05) is 0 Å². The monoisotopic (exact) mass is 213 g/mol. The normalized spacial score (nSPS) is 2.62. The van der Waals surface area contributed by atoms with E-state index >= 15 is 0 Å². The van der Waals surface area contributed by atoms with Crippen LogP contribution in [0.3, 0.4) is 0 Å². The summed E-state index contributed by atoms with van der Waals surface area (Å²) in [5, 5.41) is 2.03. The Hall–Kier alpha value is 5.91. The predicted octanol–water partition coefficient (Wildman–Crippen LogP) is -10.7. The van der Waals surface area contributed by atoms with Crippen LogP contribution < -0.4 is 206 Å². The summed E-state index contributed by atoms with van der Waals surface area (Å²) in [6.07, 6.45) is 0. The van der Waals surface area contributed by atoms with Crippen LogP contribution in [0.25, 0.3) is 16.9 Å². The summed E-state index contributed by atoms with van der Waals surface area (Å²) in [4.78, 5) is 0. The fraction of sp³-hybridized carbons (Fsp3) is 0. The number of nitrogens with zero attached hydrogens (tertiary/aromatic N) is 3. The maximum Gasteiger partial charge on any atom is 1.00 e. The molecule has 24 valence electrons. The topological polar surface area (TPSA) is 72.6 Å². The van der Waals surface area contributed by atoms with Crippen LogP contribution in [-0.2, 0) is 0 Å². The molecule has 0 saturated carbocycles. The fourth-order valence-electron chi connectivity index (χ4n) is 0. The van der Waals surface area contributed by atoms with Crippen LogP contribution >= 0.6 is 0 Å². The van der Waals surface area contributed by atoms with Crippen molar-refractivity contribution in [3.05, 3.63) is 16.9 Å². The Kier molecular flexibility index (Phi) is 107. The summed E-state index contributed by atoms with van der Waals surface area (Å²) >= 11 is 0. The molecule has 0 aliphatic heterocycles. The molecule has 0 saturated heterocycles. The van der Waals surface area contributed by atoms with Crippen molar-refractivity contribution in [3.8, 4) is 0 Å². The average molecular weight is 213 g/mol. The molecule has 0 aromatic rings. The summed E-state index contributed by atoms with van der Waals surface area (Å²) in [6.45, 7) is 0. The van der Waals surface area contributed by atoms with Crippen LogP contribution in [0.4, 0.5) is 0 Å². The van der Waals surface area contributed by atoms with Gasteiger partial charge in [0.15, 0.2) is 0 Å². The minimum atomic E-state index is 0. The van der Waals surface area contributed by atoms with Gasteiger partial charge in [0.2, 0.25) is 0 Å². The minimum absolute atomic E-state index is 0. The molecular formula is HK4N4+. The van der Waals surface area contributed by atoms with Gasteiger partial charge in [-0.15, -0.1) is 0 Å². The molecule has 8 heavy (non-hydrogen) atoms. The smallest absolute Gasteiger partial charge is 0.792 e. The van der Waals surface area contributed by atoms with Crippen LogP contribution in [0.1, 0.15) is 0 Å². The Morgan fingerprint density at radius 2 is 1.25 bits per heavy atom. The summed E-state index contributed by atoms with van der Waals surface area (Å²) in [6, 6.07) is 0. The second-order valence-corrected chi connectivity index (χ2v) is 0.189. The summed E-state index contributed by atoms with van der Waals surface area (Å²) in [5.74, 6) is 5.66. The molecule has 0 unspecified atom stereocenters. The standard InChI is InChI=1S/4K.HN4/c;;;;1-3-4-2/h;;;;(H-3,1,2,3,4)/q4*+1;-3. The largest absolute Gasteiger partial charge is 1.00 e. The van der Waals surface area contributed by atoms with Crippen LogP contribution in [-0.4, -0.2) is 0 Å². The third kappa shape index (κ3) is 29.7. The Morgan fingerprint density at radius 1 is 1.12 bits per heavy atom. The molecule has 0 aromatic carbocycles. The summed E-state index contributed by atoms with van der Waals surface area (Å²) < 4.78 is 0. The summed E-state index contributed by atoms with van der Waals surface area (Å²) in [5.41, 5.74) is 9.31. The zero-order chi connectivity index (χ0) is 3.41. The molecule has 8 heteroatoms. The maximum atomic E-state index is 7.15. The predicted molar refractivity (Wildman–Crippen MR) is 13.5 cm³/mol. The van der Waals surface area contributed by atoms with Gasteiger partial charge < -0.3 is 22.1 Å². The Labute approximate surface area is 219 Å². The average Bonchev–Trinajstić information content (AvgIpc) is 1.37. The van der Waals surface area contributed by atoms with E-state index in [4.69, 9.17) is 11.4 Å². The molecule has 0 heterocycles. The molecule has 0 rings (SSSR count). The molecule has 0 bridgehead atoms. The molecule has 1 N–H and O–H groups in total. The van der Waals surface area contributed by atoms with Gasteiger partial charge in [-0.3, -0.25) is 0 Å². The van der Waals surface area contributed by atoms with Crippen LogP contribution in [0, 0.1) is 0 Å². The van der Waals surface area contributed by atoms with Gasteiger partial charge in [0.1, 0.15) is 0 Å².